The highest BCUT2D eigenvalue weighted by molar-refractivity contribution is 6.01. The third-order valence-electron chi connectivity index (χ3n) is 4.44. The molecule has 6 nitrogen and oxygen atoms in total. The molecule has 0 unspecified atom stereocenters. The molecule has 2 aromatic rings. The number of fused-ring (bicyclic) bond motifs is 1. The zero-order valence-electron chi connectivity index (χ0n) is 15.8. The summed E-state index contributed by atoms with van der Waals surface area (Å²) in [7, 11) is 0. The molecule has 6 heteroatoms. The Bertz CT molecular complexity index is 921. The second kappa shape index (κ2) is 8.52. The molecule has 28 heavy (non-hydrogen) atoms. The van der Waals surface area contributed by atoms with Crippen molar-refractivity contribution in [2.45, 2.75) is 26.3 Å². The highest BCUT2D eigenvalue weighted by atomic mass is 16.5. The predicted molar refractivity (Wildman–Crippen MR) is 106 cm³/mol. The van der Waals surface area contributed by atoms with E-state index >= 15 is 0 Å². The first kappa shape index (κ1) is 19.4. The molecular formula is C22H22N2O4. The summed E-state index contributed by atoms with van der Waals surface area (Å²) < 4.78 is 5.20. The molecule has 0 bridgehead atoms. The van der Waals surface area contributed by atoms with Crippen LogP contribution in [-0.2, 0) is 25.5 Å². The Labute approximate surface area is 163 Å². The largest absolute Gasteiger partial charge is 0.451 e. The van der Waals surface area contributed by atoms with Crippen molar-refractivity contribution < 1.29 is 19.1 Å². The van der Waals surface area contributed by atoms with Gasteiger partial charge in [-0.3, -0.25) is 9.59 Å². The molecule has 1 aliphatic rings. The lowest BCUT2D eigenvalue weighted by atomic mass is 10.1. The van der Waals surface area contributed by atoms with E-state index in [0.717, 1.165) is 23.2 Å². The summed E-state index contributed by atoms with van der Waals surface area (Å²) in [5.74, 6) is -1.45. The topological polar surface area (TPSA) is 75.7 Å². The van der Waals surface area contributed by atoms with Crippen LogP contribution in [0.1, 0.15) is 25.0 Å². The van der Waals surface area contributed by atoms with Crippen LogP contribution in [0.25, 0.3) is 6.08 Å². The van der Waals surface area contributed by atoms with E-state index in [9.17, 15) is 14.4 Å². The first-order valence-corrected chi connectivity index (χ1v) is 9.07. The zero-order chi connectivity index (χ0) is 20.1. The molecule has 0 radical (unpaired) electrons. The number of nitrogens with zero attached hydrogens (tertiary/aromatic N) is 1. The van der Waals surface area contributed by atoms with Crippen molar-refractivity contribution in [2.24, 2.45) is 0 Å². The summed E-state index contributed by atoms with van der Waals surface area (Å²) in [6.45, 7) is 2.86. The number of amides is 2. The summed E-state index contributed by atoms with van der Waals surface area (Å²) in [5, 5.41) is 2.47. The van der Waals surface area contributed by atoms with Crippen LogP contribution in [-0.4, -0.2) is 30.4 Å². The van der Waals surface area contributed by atoms with Gasteiger partial charge in [-0.25, -0.2) is 4.79 Å². The molecule has 1 heterocycles. The van der Waals surface area contributed by atoms with Crippen molar-refractivity contribution in [1.29, 1.82) is 0 Å². The van der Waals surface area contributed by atoms with Gasteiger partial charge in [0.05, 0.1) is 0 Å². The fraction of sp³-hybridized carbons (Fsp3) is 0.227. The van der Waals surface area contributed by atoms with Crippen LogP contribution in [0.5, 0.6) is 0 Å². The number of carbonyl (C=O) groups is 3. The third-order valence-corrected chi connectivity index (χ3v) is 4.44. The molecule has 0 fully saturated rings. The van der Waals surface area contributed by atoms with Crippen LogP contribution < -0.4 is 10.2 Å². The number of benzene rings is 2. The molecule has 0 aliphatic carbocycles. The minimum absolute atomic E-state index is 0.00159. The van der Waals surface area contributed by atoms with E-state index in [0.29, 0.717) is 0 Å². The minimum Gasteiger partial charge on any atom is -0.451 e. The van der Waals surface area contributed by atoms with Crippen molar-refractivity contribution in [3.05, 3.63) is 71.4 Å². The molecule has 0 saturated heterocycles. The Hall–Kier alpha value is -3.41. The first-order valence-electron chi connectivity index (χ1n) is 9.07. The molecule has 0 aromatic heterocycles. The van der Waals surface area contributed by atoms with E-state index in [4.69, 9.17) is 4.74 Å². The lowest BCUT2D eigenvalue weighted by Gasteiger charge is -2.22. The fourth-order valence-electron chi connectivity index (χ4n) is 3.27. The molecule has 144 valence electrons. The maximum atomic E-state index is 12.7. The Kier molecular flexibility index (Phi) is 5.89. The van der Waals surface area contributed by atoms with E-state index in [2.05, 4.69) is 5.32 Å². The average molecular weight is 378 g/mol. The molecule has 0 spiro atoms. The molecule has 1 atom stereocenters. The molecule has 3 rings (SSSR count). The first-order chi connectivity index (χ1) is 13.5. The summed E-state index contributed by atoms with van der Waals surface area (Å²) in [4.78, 5) is 38.2. The Morgan fingerprint density at radius 3 is 2.50 bits per heavy atom. The van der Waals surface area contributed by atoms with Gasteiger partial charge in [-0.1, -0.05) is 48.5 Å². The lowest BCUT2D eigenvalue weighted by Crippen LogP contribution is -2.39. The maximum absolute atomic E-state index is 12.7. The second-order valence-corrected chi connectivity index (χ2v) is 6.67. The second-order valence-electron chi connectivity index (χ2n) is 6.67. The van der Waals surface area contributed by atoms with Crippen LogP contribution in [0.2, 0.25) is 0 Å². The number of nitrogens with one attached hydrogen (secondary N) is 1. The fourth-order valence-corrected chi connectivity index (χ4v) is 3.27. The quantitative estimate of drug-likeness (QED) is 0.641. The van der Waals surface area contributed by atoms with Crippen LogP contribution in [0.15, 0.2) is 60.3 Å². The number of carbonyl (C=O) groups excluding carboxylic acids is 3. The predicted octanol–water partition coefficient (Wildman–Crippen LogP) is 2.68. The van der Waals surface area contributed by atoms with Crippen LogP contribution in [0, 0.1) is 0 Å². The normalized spacial score (nSPS) is 15.7. The van der Waals surface area contributed by atoms with Crippen LogP contribution in [0.3, 0.4) is 0 Å². The van der Waals surface area contributed by atoms with Crippen molar-refractivity contribution in [2.75, 3.05) is 11.5 Å². The van der Waals surface area contributed by atoms with Gasteiger partial charge in [0.2, 0.25) is 5.91 Å². The van der Waals surface area contributed by atoms with Gasteiger partial charge in [-0.2, -0.15) is 0 Å². The van der Waals surface area contributed by atoms with E-state index in [-0.39, 0.29) is 17.6 Å². The number of hydrogen-bond acceptors (Lipinski definition) is 4. The summed E-state index contributed by atoms with van der Waals surface area (Å²) in [6, 6.07) is 16.8. The summed E-state index contributed by atoms with van der Waals surface area (Å²) >= 11 is 0. The summed E-state index contributed by atoms with van der Waals surface area (Å²) in [6.07, 6.45) is 2.28. The van der Waals surface area contributed by atoms with Gasteiger partial charge < -0.3 is 15.0 Å². The van der Waals surface area contributed by atoms with Crippen molar-refractivity contribution in [3.63, 3.8) is 0 Å². The molecule has 1 aliphatic heterocycles. The van der Waals surface area contributed by atoms with Crippen LogP contribution in [0.4, 0.5) is 5.69 Å². The maximum Gasteiger partial charge on any atom is 0.355 e. The number of ether oxygens (including phenoxy) is 1. The van der Waals surface area contributed by atoms with Crippen LogP contribution >= 0.6 is 0 Å². The average Bonchev–Trinajstić information content (AvgIpc) is 3.01. The number of rotatable bonds is 5. The van der Waals surface area contributed by atoms with Gasteiger partial charge in [-0.05, 0) is 36.6 Å². The zero-order valence-corrected chi connectivity index (χ0v) is 15.8. The van der Waals surface area contributed by atoms with E-state index in [1.807, 2.05) is 49.4 Å². The molecule has 2 amide bonds. The summed E-state index contributed by atoms with van der Waals surface area (Å²) in [5.41, 5.74) is 2.66. The van der Waals surface area contributed by atoms with Gasteiger partial charge >= 0.3 is 5.97 Å². The van der Waals surface area contributed by atoms with E-state index in [1.165, 1.54) is 13.0 Å². The van der Waals surface area contributed by atoms with Crippen molar-refractivity contribution >= 4 is 29.5 Å². The Morgan fingerprint density at radius 1 is 1.11 bits per heavy atom. The van der Waals surface area contributed by atoms with E-state index in [1.54, 1.807) is 17.0 Å². The highest BCUT2D eigenvalue weighted by Crippen LogP contribution is 2.31. The van der Waals surface area contributed by atoms with Gasteiger partial charge in [0, 0.05) is 18.7 Å². The lowest BCUT2D eigenvalue weighted by molar-refractivity contribution is -0.144. The van der Waals surface area contributed by atoms with E-state index < -0.39 is 18.5 Å². The van der Waals surface area contributed by atoms with Crippen molar-refractivity contribution in [1.82, 2.24) is 5.32 Å². The van der Waals surface area contributed by atoms with Gasteiger partial charge in [-0.15, -0.1) is 0 Å². The number of anilines is 1. The number of esters is 1. The van der Waals surface area contributed by atoms with Gasteiger partial charge in [0.1, 0.15) is 5.70 Å². The SMILES string of the molecule is CC(=O)N/C(=C\c1ccccc1)C(=O)OCC(=O)N1c2ccccc2C[C@H]1C. The minimum atomic E-state index is -0.757. The third kappa shape index (κ3) is 4.46. The number of hydrogen-bond donors (Lipinski definition) is 1. The molecule has 0 saturated carbocycles. The van der Waals surface area contributed by atoms with Crippen molar-refractivity contribution in [3.8, 4) is 0 Å². The standard InChI is InChI=1S/C22H22N2O4/c1-15-12-18-10-6-7-11-20(18)24(15)21(26)14-28-22(27)19(23-16(2)25)13-17-8-4-3-5-9-17/h3-11,13,15H,12,14H2,1-2H3,(H,23,25)/b19-13-/t15-/m1/s1. The number of para-hydroxylation sites is 1. The Balaban J connectivity index is 1.70. The molecule has 1 N–H and O–H groups in total. The smallest absolute Gasteiger partial charge is 0.355 e. The van der Waals surface area contributed by atoms with Gasteiger partial charge in [0.25, 0.3) is 5.91 Å². The highest BCUT2D eigenvalue weighted by Gasteiger charge is 2.31. The molecular weight excluding hydrogens is 356 g/mol. The van der Waals surface area contributed by atoms with Gasteiger partial charge in [0.15, 0.2) is 6.61 Å². The molecule has 2 aromatic carbocycles. The monoisotopic (exact) mass is 378 g/mol. The Morgan fingerprint density at radius 2 is 1.79 bits per heavy atom.